The van der Waals surface area contributed by atoms with Crippen LogP contribution in [-0.2, 0) is 0 Å². The van der Waals surface area contributed by atoms with Gasteiger partial charge in [-0.3, -0.25) is 0 Å². The number of hydrogen-bond donors (Lipinski definition) is 0. The van der Waals surface area contributed by atoms with Gasteiger partial charge in [-0.15, -0.1) is 13.2 Å². The van der Waals surface area contributed by atoms with Gasteiger partial charge in [0.15, 0.2) is 0 Å². The Bertz CT molecular complexity index is 543. The molecule has 1 aromatic heterocycles. The van der Waals surface area contributed by atoms with Crippen molar-refractivity contribution < 1.29 is 22.6 Å². The van der Waals surface area contributed by atoms with Crippen molar-refractivity contribution in [2.45, 2.75) is 6.36 Å². The molecule has 1 aromatic carbocycles. The molecule has 1 heterocycles. The van der Waals surface area contributed by atoms with Crippen LogP contribution < -0.4 is 9.47 Å². The van der Waals surface area contributed by atoms with Crippen molar-refractivity contribution >= 4 is 11.0 Å². The molecule has 0 aliphatic rings. The monoisotopic (exact) mass is 244 g/mol. The van der Waals surface area contributed by atoms with E-state index in [2.05, 4.69) is 14.7 Å². The molecule has 0 radical (unpaired) electrons. The highest BCUT2D eigenvalue weighted by Gasteiger charge is 2.31. The standard InChI is InChI=1S/C10H7F3N2O2/c1-16-9-5-14-7-3-2-6(4-8(7)15-9)17-10(11,12)13/h2-5H,1H3. The summed E-state index contributed by atoms with van der Waals surface area (Å²) in [5, 5.41) is 0. The second-order valence-electron chi connectivity index (χ2n) is 3.11. The first kappa shape index (κ1) is 11.4. The van der Waals surface area contributed by atoms with Gasteiger partial charge in [-0.1, -0.05) is 0 Å². The Kier molecular flexibility index (Phi) is 2.74. The minimum Gasteiger partial charge on any atom is -0.480 e. The van der Waals surface area contributed by atoms with E-state index in [0.717, 1.165) is 6.07 Å². The second-order valence-corrected chi connectivity index (χ2v) is 3.11. The van der Waals surface area contributed by atoms with E-state index in [1.165, 1.54) is 25.4 Å². The number of aromatic nitrogens is 2. The predicted octanol–water partition coefficient (Wildman–Crippen LogP) is 2.54. The van der Waals surface area contributed by atoms with Crippen LogP contribution in [-0.4, -0.2) is 23.4 Å². The Labute approximate surface area is 94.0 Å². The molecule has 17 heavy (non-hydrogen) atoms. The first-order valence-electron chi connectivity index (χ1n) is 4.54. The van der Waals surface area contributed by atoms with Gasteiger partial charge < -0.3 is 9.47 Å². The van der Waals surface area contributed by atoms with Gasteiger partial charge >= 0.3 is 6.36 Å². The Morgan fingerprint density at radius 1 is 1.18 bits per heavy atom. The summed E-state index contributed by atoms with van der Waals surface area (Å²) in [6.07, 6.45) is -3.34. The van der Waals surface area contributed by atoms with Crippen molar-refractivity contribution in [3.8, 4) is 11.6 Å². The summed E-state index contributed by atoms with van der Waals surface area (Å²) in [7, 11) is 1.39. The van der Waals surface area contributed by atoms with Crippen LogP contribution in [0.3, 0.4) is 0 Å². The molecule has 90 valence electrons. The lowest BCUT2D eigenvalue weighted by Gasteiger charge is -2.09. The molecule has 4 nitrogen and oxygen atoms in total. The molecular formula is C10H7F3N2O2. The zero-order valence-corrected chi connectivity index (χ0v) is 8.65. The molecule has 0 aliphatic heterocycles. The Balaban J connectivity index is 2.41. The van der Waals surface area contributed by atoms with Gasteiger partial charge in [-0.2, -0.15) is 0 Å². The third-order valence-electron chi connectivity index (χ3n) is 1.93. The molecule has 0 saturated carbocycles. The van der Waals surface area contributed by atoms with Crippen molar-refractivity contribution in [3.05, 3.63) is 24.4 Å². The fraction of sp³-hybridized carbons (Fsp3) is 0.200. The summed E-state index contributed by atoms with van der Waals surface area (Å²) in [6, 6.07) is 3.72. The zero-order valence-electron chi connectivity index (χ0n) is 8.65. The normalized spacial score (nSPS) is 11.5. The van der Waals surface area contributed by atoms with Gasteiger partial charge in [0, 0.05) is 6.07 Å². The number of nitrogens with zero attached hydrogens (tertiary/aromatic N) is 2. The number of benzene rings is 1. The summed E-state index contributed by atoms with van der Waals surface area (Å²) in [5.41, 5.74) is 0.728. The fourth-order valence-corrected chi connectivity index (χ4v) is 1.27. The quantitative estimate of drug-likeness (QED) is 0.814. The smallest absolute Gasteiger partial charge is 0.480 e. The van der Waals surface area contributed by atoms with E-state index in [0.29, 0.717) is 5.52 Å². The van der Waals surface area contributed by atoms with E-state index in [9.17, 15) is 13.2 Å². The second kappa shape index (κ2) is 4.08. The molecule has 0 saturated heterocycles. The van der Waals surface area contributed by atoms with Crippen LogP contribution in [0.25, 0.3) is 11.0 Å². The van der Waals surface area contributed by atoms with Crippen LogP contribution in [0, 0.1) is 0 Å². The van der Waals surface area contributed by atoms with E-state index >= 15 is 0 Å². The molecule has 0 aliphatic carbocycles. The van der Waals surface area contributed by atoms with Gasteiger partial charge in [-0.25, -0.2) is 9.97 Å². The molecule has 0 amide bonds. The molecule has 0 spiro atoms. The predicted molar refractivity (Wildman–Crippen MR) is 52.8 cm³/mol. The molecule has 0 N–H and O–H groups in total. The summed E-state index contributed by atoms with van der Waals surface area (Å²) < 4.78 is 44.6. The highest BCUT2D eigenvalue weighted by Crippen LogP contribution is 2.25. The van der Waals surface area contributed by atoms with Crippen molar-refractivity contribution in [2.24, 2.45) is 0 Å². The molecule has 0 bridgehead atoms. The third kappa shape index (κ3) is 2.74. The summed E-state index contributed by atoms with van der Waals surface area (Å²) in [4.78, 5) is 7.92. The number of halogens is 3. The average molecular weight is 244 g/mol. The highest BCUT2D eigenvalue weighted by molar-refractivity contribution is 5.76. The number of methoxy groups -OCH3 is 1. The fourth-order valence-electron chi connectivity index (χ4n) is 1.27. The van der Waals surface area contributed by atoms with Crippen molar-refractivity contribution in [1.29, 1.82) is 0 Å². The maximum atomic E-state index is 12.0. The van der Waals surface area contributed by atoms with Gasteiger partial charge in [0.2, 0.25) is 5.88 Å². The molecule has 2 rings (SSSR count). The van der Waals surface area contributed by atoms with Crippen LogP contribution in [0.15, 0.2) is 24.4 Å². The van der Waals surface area contributed by atoms with E-state index in [1.54, 1.807) is 0 Å². The van der Waals surface area contributed by atoms with Crippen LogP contribution >= 0.6 is 0 Å². The largest absolute Gasteiger partial charge is 0.573 e. The van der Waals surface area contributed by atoms with Crippen LogP contribution in [0.4, 0.5) is 13.2 Å². The summed E-state index contributed by atoms with van der Waals surface area (Å²) in [6.45, 7) is 0. The maximum Gasteiger partial charge on any atom is 0.573 e. The number of hydrogen-bond acceptors (Lipinski definition) is 4. The van der Waals surface area contributed by atoms with Gasteiger partial charge in [0.1, 0.15) is 5.75 Å². The van der Waals surface area contributed by atoms with E-state index in [1.807, 2.05) is 0 Å². The highest BCUT2D eigenvalue weighted by atomic mass is 19.4. The van der Waals surface area contributed by atoms with Crippen LogP contribution in [0.1, 0.15) is 0 Å². The minimum atomic E-state index is -4.72. The van der Waals surface area contributed by atoms with Gasteiger partial charge in [0.05, 0.1) is 24.3 Å². The van der Waals surface area contributed by atoms with Gasteiger partial charge in [-0.05, 0) is 12.1 Å². The van der Waals surface area contributed by atoms with E-state index in [-0.39, 0.29) is 17.1 Å². The third-order valence-corrected chi connectivity index (χ3v) is 1.93. The van der Waals surface area contributed by atoms with E-state index < -0.39 is 6.36 Å². The minimum absolute atomic E-state index is 0.224. The van der Waals surface area contributed by atoms with Crippen molar-refractivity contribution in [2.75, 3.05) is 7.11 Å². The van der Waals surface area contributed by atoms with Crippen molar-refractivity contribution in [3.63, 3.8) is 0 Å². The average Bonchev–Trinajstić information content (AvgIpc) is 2.26. The topological polar surface area (TPSA) is 44.2 Å². The Hall–Kier alpha value is -2.05. The lowest BCUT2D eigenvalue weighted by Crippen LogP contribution is -2.17. The molecule has 2 aromatic rings. The van der Waals surface area contributed by atoms with Crippen molar-refractivity contribution in [1.82, 2.24) is 9.97 Å². The Morgan fingerprint density at radius 2 is 1.94 bits per heavy atom. The molecule has 0 fully saturated rings. The summed E-state index contributed by atoms with van der Waals surface area (Å²) >= 11 is 0. The SMILES string of the molecule is COc1cnc2ccc(OC(F)(F)F)cc2n1. The number of rotatable bonds is 2. The number of fused-ring (bicyclic) bond motifs is 1. The molecule has 0 atom stereocenters. The molecular weight excluding hydrogens is 237 g/mol. The lowest BCUT2D eigenvalue weighted by molar-refractivity contribution is -0.274. The number of ether oxygens (including phenoxy) is 2. The summed E-state index contributed by atoms with van der Waals surface area (Å²) in [5.74, 6) is -0.116. The first-order chi connectivity index (χ1) is 7.98. The zero-order chi connectivity index (χ0) is 12.5. The Morgan fingerprint density at radius 3 is 2.59 bits per heavy atom. The lowest BCUT2D eigenvalue weighted by atomic mass is 10.3. The maximum absolute atomic E-state index is 12.0. The number of alkyl halides is 3. The van der Waals surface area contributed by atoms with Crippen LogP contribution in [0.2, 0.25) is 0 Å². The first-order valence-corrected chi connectivity index (χ1v) is 4.54. The molecule has 7 heteroatoms. The van der Waals surface area contributed by atoms with Gasteiger partial charge in [0.25, 0.3) is 0 Å². The molecule has 0 unspecified atom stereocenters. The van der Waals surface area contributed by atoms with Crippen LogP contribution in [0.5, 0.6) is 11.6 Å². The van der Waals surface area contributed by atoms with E-state index in [4.69, 9.17) is 4.74 Å².